The van der Waals surface area contributed by atoms with E-state index in [1.807, 2.05) is 42.5 Å². The van der Waals surface area contributed by atoms with Gasteiger partial charge < -0.3 is 10.1 Å². The van der Waals surface area contributed by atoms with Crippen LogP contribution < -0.4 is 5.32 Å². The highest BCUT2D eigenvalue weighted by Gasteiger charge is 2.11. The lowest BCUT2D eigenvalue weighted by atomic mass is 10.0. The average molecular weight is 386 g/mol. The van der Waals surface area contributed by atoms with Crippen LogP contribution in [0.3, 0.4) is 0 Å². The van der Waals surface area contributed by atoms with Crippen molar-refractivity contribution in [3.63, 3.8) is 0 Å². The maximum atomic E-state index is 12.5. The van der Waals surface area contributed by atoms with Crippen LogP contribution in [0.2, 0.25) is 0 Å². The number of nitrogens with one attached hydrogen (secondary N) is 1. The van der Waals surface area contributed by atoms with Crippen molar-refractivity contribution in [3.05, 3.63) is 90.0 Å². The summed E-state index contributed by atoms with van der Waals surface area (Å²) in [5, 5.41) is 3.03. The van der Waals surface area contributed by atoms with Crippen molar-refractivity contribution in [2.24, 2.45) is 0 Å². The molecule has 0 radical (unpaired) electrons. The first-order valence-corrected chi connectivity index (χ1v) is 10.1. The lowest BCUT2D eigenvalue weighted by molar-refractivity contribution is -0.115. The lowest BCUT2D eigenvalue weighted by Gasteiger charge is -2.26. The molecule has 1 N–H and O–H groups in total. The Kier molecular flexibility index (Phi) is 6.35. The standard InChI is InChI=1S/C25H26N2O2/c28-25(18-20-9-11-23(12-10-20)22-6-2-1-3-7-22)26-24-8-4-5-21(17-24)19-27-13-15-29-16-14-27/h1-12,17H,13-16,18-19H2,(H,26,28). The van der Waals surface area contributed by atoms with Gasteiger partial charge in [0, 0.05) is 25.3 Å². The number of anilines is 1. The van der Waals surface area contributed by atoms with Gasteiger partial charge in [-0.15, -0.1) is 0 Å². The fourth-order valence-electron chi connectivity index (χ4n) is 3.60. The van der Waals surface area contributed by atoms with Gasteiger partial charge in [0.2, 0.25) is 5.91 Å². The predicted molar refractivity (Wildman–Crippen MR) is 117 cm³/mol. The van der Waals surface area contributed by atoms with Crippen LogP contribution in [0.15, 0.2) is 78.9 Å². The molecule has 0 spiro atoms. The highest BCUT2D eigenvalue weighted by Crippen LogP contribution is 2.20. The van der Waals surface area contributed by atoms with Crippen LogP contribution in [-0.2, 0) is 22.5 Å². The van der Waals surface area contributed by atoms with Crippen molar-refractivity contribution in [3.8, 4) is 11.1 Å². The van der Waals surface area contributed by atoms with E-state index in [0.717, 1.165) is 49.7 Å². The van der Waals surface area contributed by atoms with Gasteiger partial charge >= 0.3 is 0 Å². The zero-order valence-electron chi connectivity index (χ0n) is 16.5. The van der Waals surface area contributed by atoms with Crippen molar-refractivity contribution in [2.75, 3.05) is 31.6 Å². The largest absolute Gasteiger partial charge is 0.379 e. The Hall–Kier alpha value is -2.95. The van der Waals surface area contributed by atoms with E-state index < -0.39 is 0 Å². The fraction of sp³-hybridized carbons (Fsp3) is 0.240. The molecule has 1 heterocycles. The Balaban J connectivity index is 1.34. The number of hydrogen-bond acceptors (Lipinski definition) is 3. The third kappa shape index (κ3) is 5.53. The second kappa shape index (κ2) is 9.50. The first kappa shape index (κ1) is 19.4. The molecular weight excluding hydrogens is 360 g/mol. The Labute approximate surface area is 172 Å². The van der Waals surface area contributed by atoms with Crippen molar-refractivity contribution in [1.29, 1.82) is 0 Å². The van der Waals surface area contributed by atoms with Gasteiger partial charge in [0.15, 0.2) is 0 Å². The Morgan fingerprint density at radius 1 is 0.828 bits per heavy atom. The van der Waals surface area contributed by atoms with E-state index in [1.54, 1.807) is 0 Å². The number of ether oxygens (including phenoxy) is 1. The normalized spacial score (nSPS) is 14.5. The van der Waals surface area contributed by atoms with Crippen LogP contribution in [0, 0.1) is 0 Å². The molecule has 29 heavy (non-hydrogen) atoms. The van der Waals surface area contributed by atoms with E-state index in [0.29, 0.717) is 6.42 Å². The van der Waals surface area contributed by atoms with E-state index in [9.17, 15) is 4.79 Å². The van der Waals surface area contributed by atoms with Gasteiger partial charge in [-0.1, -0.05) is 66.7 Å². The van der Waals surface area contributed by atoms with Crippen LogP contribution in [0.25, 0.3) is 11.1 Å². The molecule has 1 aliphatic rings. The number of benzene rings is 3. The molecule has 0 aliphatic carbocycles. The van der Waals surface area contributed by atoms with Crippen molar-refractivity contribution < 1.29 is 9.53 Å². The number of carbonyl (C=O) groups excluding carboxylic acids is 1. The molecule has 3 aromatic rings. The van der Waals surface area contributed by atoms with Gasteiger partial charge in [-0.3, -0.25) is 9.69 Å². The highest BCUT2D eigenvalue weighted by atomic mass is 16.5. The molecule has 4 heteroatoms. The molecule has 0 unspecified atom stereocenters. The molecular formula is C25H26N2O2. The maximum Gasteiger partial charge on any atom is 0.228 e. The van der Waals surface area contributed by atoms with Gasteiger partial charge in [-0.05, 0) is 34.4 Å². The summed E-state index contributed by atoms with van der Waals surface area (Å²) in [6, 6.07) is 26.6. The Bertz CT molecular complexity index is 933. The third-order valence-corrected chi connectivity index (χ3v) is 5.15. The van der Waals surface area contributed by atoms with E-state index in [-0.39, 0.29) is 5.91 Å². The van der Waals surface area contributed by atoms with Gasteiger partial charge in [0.05, 0.1) is 19.6 Å². The molecule has 1 saturated heterocycles. The molecule has 3 aromatic carbocycles. The minimum atomic E-state index is 0.000911. The lowest BCUT2D eigenvalue weighted by Crippen LogP contribution is -2.35. The van der Waals surface area contributed by atoms with Crippen molar-refractivity contribution in [2.45, 2.75) is 13.0 Å². The van der Waals surface area contributed by atoms with Gasteiger partial charge in [-0.25, -0.2) is 0 Å². The smallest absolute Gasteiger partial charge is 0.228 e. The first-order chi connectivity index (χ1) is 14.3. The SMILES string of the molecule is O=C(Cc1ccc(-c2ccccc2)cc1)Nc1cccc(CN2CCOCC2)c1. The summed E-state index contributed by atoms with van der Waals surface area (Å²) in [5.74, 6) is 0.000911. The average Bonchev–Trinajstić information content (AvgIpc) is 2.76. The van der Waals surface area contributed by atoms with Crippen molar-refractivity contribution >= 4 is 11.6 Å². The first-order valence-electron chi connectivity index (χ1n) is 10.1. The molecule has 1 fully saturated rings. The quantitative estimate of drug-likeness (QED) is 0.684. The monoisotopic (exact) mass is 386 g/mol. The Morgan fingerprint density at radius 3 is 2.31 bits per heavy atom. The minimum absolute atomic E-state index is 0.000911. The molecule has 4 nitrogen and oxygen atoms in total. The van der Waals surface area contributed by atoms with Gasteiger partial charge in [-0.2, -0.15) is 0 Å². The molecule has 0 atom stereocenters. The van der Waals surface area contributed by atoms with Crippen LogP contribution in [0.1, 0.15) is 11.1 Å². The summed E-state index contributed by atoms with van der Waals surface area (Å²) < 4.78 is 5.40. The zero-order chi connectivity index (χ0) is 19.9. The second-order valence-corrected chi connectivity index (χ2v) is 7.38. The number of amides is 1. The zero-order valence-corrected chi connectivity index (χ0v) is 16.5. The number of hydrogen-bond donors (Lipinski definition) is 1. The molecule has 1 amide bonds. The molecule has 4 rings (SSSR count). The summed E-state index contributed by atoms with van der Waals surface area (Å²) in [6.07, 6.45) is 0.364. The minimum Gasteiger partial charge on any atom is -0.379 e. The van der Waals surface area contributed by atoms with Crippen LogP contribution in [-0.4, -0.2) is 37.1 Å². The molecule has 1 aliphatic heterocycles. The number of nitrogens with zero attached hydrogens (tertiary/aromatic N) is 1. The van der Waals surface area contributed by atoms with Gasteiger partial charge in [0.25, 0.3) is 0 Å². The summed E-state index contributed by atoms with van der Waals surface area (Å²) in [5.41, 5.74) is 5.40. The molecule has 0 bridgehead atoms. The fourth-order valence-corrected chi connectivity index (χ4v) is 3.60. The van der Waals surface area contributed by atoms with Crippen LogP contribution >= 0.6 is 0 Å². The van der Waals surface area contributed by atoms with E-state index in [4.69, 9.17) is 4.74 Å². The highest BCUT2D eigenvalue weighted by molar-refractivity contribution is 5.92. The predicted octanol–water partition coefficient (Wildman–Crippen LogP) is 4.37. The number of morpholine rings is 1. The molecule has 0 saturated carbocycles. The van der Waals surface area contributed by atoms with E-state index >= 15 is 0 Å². The summed E-state index contributed by atoms with van der Waals surface area (Å²) in [4.78, 5) is 14.9. The molecule has 148 valence electrons. The topological polar surface area (TPSA) is 41.6 Å². The van der Waals surface area contributed by atoms with E-state index in [2.05, 4.69) is 46.6 Å². The van der Waals surface area contributed by atoms with Crippen molar-refractivity contribution in [1.82, 2.24) is 4.90 Å². The van der Waals surface area contributed by atoms with E-state index in [1.165, 1.54) is 11.1 Å². The molecule has 0 aromatic heterocycles. The number of carbonyl (C=O) groups is 1. The third-order valence-electron chi connectivity index (χ3n) is 5.15. The maximum absolute atomic E-state index is 12.5. The second-order valence-electron chi connectivity index (χ2n) is 7.38. The van der Waals surface area contributed by atoms with Crippen LogP contribution in [0.5, 0.6) is 0 Å². The summed E-state index contributed by atoms with van der Waals surface area (Å²) >= 11 is 0. The Morgan fingerprint density at radius 2 is 1.55 bits per heavy atom. The van der Waals surface area contributed by atoms with Crippen LogP contribution in [0.4, 0.5) is 5.69 Å². The summed E-state index contributed by atoms with van der Waals surface area (Å²) in [6.45, 7) is 4.37. The van der Waals surface area contributed by atoms with Gasteiger partial charge in [0.1, 0.15) is 0 Å². The summed E-state index contributed by atoms with van der Waals surface area (Å²) in [7, 11) is 0. The number of rotatable bonds is 6.